The average molecular weight is 340 g/mol. The van der Waals surface area contributed by atoms with Crippen LogP contribution in [0.25, 0.3) is 0 Å². The molecule has 1 N–H and O–H groups in total. The Morgan fingerprint density at radius 1 is 1.26 bits per heavy atom. The van der Waals surface area contributed by atoms with Crippen LogP contribution in [0.4, 0.5) is 0 Å². The molecule has 0 aromatic heterocycles. The van der Waals surface area contributed by atoms with E-state index in [0.717, 1.165) is 50.2 Å². The number of aryl methyl sites for hydroxylation is 2. The van der Waals surface area contributed by atoms with E-state index in [1.165, 1.54) is 0 Å². The van der Waals surface area contributed by atoms with E-state index in [1.807, 2.05) is 26.0 Å². The van der Waals surface area contributed by atoms with Crippen LogP contribution >= 0.6 is 0 Å². The largest absolute Gasteiger partial charge is 0.383 e. The van der Waals surface area contributed by atoms with Crippen LogP contribution in [0.1, 0.15) is 24.0 Å². The standard InChI is InChI=1S/C17H28N2O3S/c1-14-4-5-17(15(2)12-14)23(20,21)18-13-16-6-8-19(9-7-16)10-11-22-3/h4-5,12,16,18H,6-11,13H2,1-3H3. The molecule has 0 radical (unpaired) electrons. The zero-order valence-corrected chi connectivity index (χ0v) is 15.2. The fourth-order valence-corrected chi connectivity index (χ4v) is 4.38. The molecule has 1 saturated heterocycles. The van der Waals surface area contributed by atoms with Gasteiger partial charge in [-0.25, -0.2) is 13.1 Å². The summed E-state index contributed by atoms with van der Waals surface area (Å²) < 4.78 is 32.8. The van der Waals surface area contributed by atoms with Gasteiger partial charge in [0.1, 0.15) is 0 Å². The second-order valence-electron chi connectivity index (χ2n) is 6.40. The van der Waals surface area contributed by atoms with E-state index in [1.54, 1.807) is 13.2 Å². The summed E-state index contributed by atoms with van der Waals surface area (Å²) in [5.41, 5.74) is 1.87. The van der Waals surface area contributed by atoms with Gasteiger partial charge < -0.3 is 9.64 Å². The van der Waals surface area contributed by atoms with Crippen molar-refractivity contribution in [3.05, 3.63) is 29.3 Å². The Bertz CT molecular complexity index is 608. The number of nitrogens with zero attached hydrogens (tertiary/aromatic N) is 1. The molecule has 0 unspecified atom stereocenters. The second-order valence-corrected chi connectivity index (χ2v) is 8.13. The predicted octanol–water partition coefficient (Wildman–Crippen LogP) is 1.94. The molecule has 130 valence electrons. The Labute approximate surface area is 140 Å². The van der Waals surface area contributed by atoms with Gasteiger partial charge in [0.05, 0.1) is 11.5 Å². The summed E-state index contributed by atoms with van der Waals surface area (Å²) in [5, 5.41) is 0. The molecule has 1 aliphatic rings. The minimum Gasteiger partial charge on any atom is -0.383 e. The van der Waals surface area contributed by atoms with Crippen LogP contribution in [-0.2, 0) is 14.8 Å². The number of hydrogen-bond acceptors (Lipinski definition) is 4. The number of methoxy groups -OCH3 is 1. The highest BCUT2D eigenvalue weighted by molar-refractivity contribution is 7.89. The third kappa shape index (κ3) is 5.28. The van der Waals surface area contributed by atoms with Crippen LogP contribution in [-0.4, -0.2) is 53.2 Å². The maximum atomic E-state index is 12.5. The van der Waals surface area contributed by atoms with E-state index in [0.29, 0.717) is 17.4 Å². The van der Waals surface area contributed by atoms with E-state index in [9.17, 15) is 8.42 Å². The van der Waals surface area contributed by atoms with E-state index in [4.69, 9.17) is 4.74 Å². The lowest BCUT2D eigenvalue weighted by molar-refractivity contribution is 0.121. The smallest absolute Gasteiger partial charge is 0.240 e. The van der Waals surface area contributed by atoms with E-state index in [2.05, 4.69) is 9.62 Å². The molecule has 1 fully saturated rings. The summed E-state index contributed by atoms with van der Waals surface area (Å²) in [7, 11) is -1.70. The lowest BCUT2D eigenvalue weighted by atomic mass is 9.97. The van der Waals surface area contributed by atoms with Crippen molar-refractivity contribution in [2.45, 2.75) is 31.6 Å². The third-order valence-corrected chi connectivity index (χ3v) is 6.08. The summed E-state index contributed by atoms with van der Waals surface area (Å²) in [6.07, 6.45) is 2.05. The normalized spacial score (nSPS) is 17.5. The molecule has 0 atom stereocenters. The van der Waals surface area contributed by atoms with Gasteiger partial charge in [-0.2, -0.15) is 0 Å². The van der Waals surface area contributed by atoms with Gasteiger partial charge in [-0.3, -0.25) is 0 Å². The van der Waals surface area contributed by atoms with E-state index < -0.39 is 10.0 Å². The minimum atomic E-state index is -3.42. The zero-order chi connectivity index (χ0) is 16.9. The maximum absolute atomic E-state index is 12.5. The first-order chi connectivity index (χ1) is 10.9. The summed E-state index contributed by atoms with van der Waals surface area (Å²) >= 11 is 0. The highest BCUT2D eigenvalue weighted by Crippen LogP contribution is 2.19. The van der Waals surface area contributed by atoms with E-state index >= 15 is 0 Å². The Morgan fingerprint density at radius 2 is 1.96 bits per heavy atom. The Balaban J connectivity index is 1.86. The molecule has 0 bridgehead atoms. The molecule has 0 aliphatic carbocycles. The first-order valence-corrected chi connectivity index (χ1v) is 9.69. The van der Waals surface area contributed by atoms with Crippen LogP contribution in [0.5, 0.6) is 0 Å². The monoisotopic (exact) mass is 340 g/mol. The number of rotatable bonds is 7. The number of sulfonamides is 1. The van der Waals surface area contributed by atoms with Gasteiger partial charge in [0.15, 0.2) is 0 Å². The lowest BCUT2D eigenvalue weighted by Gasteiger charge is -2.31. The van der Waals surface area contributed by atoms with Crippen molar-refractivity contribution in [3.8, 4) is 0 Å². The molecule has 1 aliphatic heterocycles. The molecule has 1 aromatic carbocycles. The molecule has 0 saturated carbocycles. The Hall–Kier alpha value is -0.950. The van der Waals surface area contributed by atoms with Crippen molar-refractivity contribution in [3.63, 3.8) is 0 Å². The zero-order valence-electron chi connectivity index (χ0n) is 14.3. The molecular weight excluding hydrogens is 312 g/mol. The fourth-order valence-electron chi connectivity index (χ4n) is 3.04. The Morgan fingerprint density at radius 3 is 2.57 bits per heavy atom. The number of hydrogen-bond donors (Lipinski definition) is 1. The SMILES string of the molecule is COCCN1CCC(CNS(=O)(=O)c2ccc(C)cc2C)CC1. The van der Waals surface area contributed by atoms with Crippen LogP contribution in [0, 0.1) is 19.8 Å². The number of benzene rings is 1. The molecule has 0 spiro atoms. The molecule has 6 heteroatoms. The second kappa shape index (κ2) is 8.24. The molecule has 1 heterocycles. The quantitative estimate of drug-likeness (QED) is 0.824. The maximum Gasteiger partial charge on any atom is 0.240 e. The van der Waals surface area contributed by atoms with Gasteiger partial charge in [0.25, 0.3) is 0 Å². The van der Waals surface area contributed by atoms with Crippen LogP contribution in [0.2, 0.25) is 0 Å². The van der Waals surface area contributed by atoms with Gasteiger partial charge in [0, 0.05) is 20.2 Å². The van der Waals surface area contributed by atoms with Gasteiger partial charge in [-0.05, 0) is 57.3 Å². The number of ether oxygens (including phenoxy) is 1. The molecule has 23 heavy (non-hydrogen) atoms. The molecule has 1 aromatic rings. The van der Waals surface area contributed by atoms with Gasteiger partial charge in [0.2, 0.25) is 10.0 Å². The first kappa shape index (κ1) is 18.4. The van der Waals surface area contributed by atoms with Crippen LogP contribution in [0.15, 0.2) is 23.1 Å². The van der Waals surface area contributed by atoms with Gasteiger partial charge in [-0.1, -0.05) is 17.7 Å². The van der Waals surface area contributed by atoms with Crippen molar-refractivity contribution in [1.29, 1.82) is 0 Å². The topological polar surface area (TPSA) is 58.6 Å². The summed E-state index contributed by atoms with van der Waals surface area (Å²) in [5.74, 6) is 0.411. The van der Waals surface area contributed by atoms with E-state index in [-0.39, 0.29) is 0 Å². The lowest BCUT2D eigenvalue weighted by Crippen LogP contribution is -2.39. The highest BCUT2D eigenvalue weighted by Gasteiger charge is 2.22. The summed E-state index contributed by atoms with van der Waals surface area (Å²) in [6, 6.07) is 5.44. The third-order valence-electron chi connectivity index (χ3n) is 4.50. The highest BCUT2D eigenvalue weighted by atomic mass is 32.2. The molecule has 0 amide bonds. The minimum absolute atomic E-state index is 0.389. The molecule has 2 rings (SSSR count). The van der Waals surface area contributed by atoms with Crippen molar-refractivity contribution in [1.82, 2.24) is 9.62 Å². The first-order valence-electron chi connectivity index (χ1n) is 8.20. The predicted molar refractivity (Wildman–Crippen MR) is 92.1 cm³/mol. The average Bonchev–Trinajstić information content (AvgIpc) is 2.51. The van der Waals surface area contributed by atoms with Crippen LogP contribution in [0.3, 0.4) is 0 Å². The van der Waals surface area contributed by atoms with Gasteiger partial charge in [-0.15, -0.1) is 0 Å². The number of nitrogens with one attached hydrogen (secondary N) is 1. The Kier molecular flexibility index (Phi) is 6.59. The van der Waals surface area contributed by atoms with Gasteiger partial charge >= 0.3 is 0 Å². The number of piperidine rings is 1. The summed E-state index contributed by atoms with van der Waals surface area (Å²) in [4.78, 5) is 2.76. The number of likely N-dealkylation sites (tertiary alicyclic amines) is 1. The van der Waals surface area contributed by atoms with Crippen molar-refractivity contribution in [2.75, 3.05) is 39.9 Å². The van der Waals surface area contributed by atoms with Crippen molar-refractivity contribution < 1.29 is 13.2 Å². The molecule has 5 nitrogen and oxygen atoms in total. The van der Waals surface area contributed by atoms with Crippen molar-refractivity contribution in [2.24, 2.45) is 5.92 Å². The van der Waals surface area contributed by atoms with Crippen LogP contribution < -0.4 is 4.72 Å². The summed E-state index contributed by atoms with van der Waals surface area (Å²) in [6.45, 7) is 8.07. The van der Waals surface area contributed by atoms with Crippen molar-refractivity contribution >= 4 is 10.0 Å². The molecular formula is C17H28N2O3S. The fraction of sp³-hybridized carbons (Fsp3) is 0.647.